The summed E-state index contributed by atoms with van der Waals surface area (Å²) in [4.78, 5) is 12.0. The van der Waals surface area contributed by atoms with Gasteiger partial charge < -0.3 is 20.5 Å². The van der Waals surface area contributed by atoms with Crippen molar-refractivity contribution in [1.82, 2.24) is 0 Å². The Bertz CT molecular complexity index is 502. The number of carbonyl (C=O) groups excluding carboxylic acids is 1. The highest BCUT2D eigenvalue weighted by molar-refractivity contribution is 6.31. The van der Waals surface area contributed by atoms with Gasteiger partial charge in [-0.25, -0.2) is 0 Å². The Morgan fingerprint density at radius 3 is 3.09 bits per heavy atom. The topological polar surface area (TPSA) is 73.6 Å². The molecule has 3 N–H and O–H groups in total. The van der Waals surface area contributed by atoms with Gasteiger partial charge in [-0.2, -0.15) is 0 Å². The van der Waals surface area contributed by atoms with Gasteiger partial charge >= 0.3 is 0 Å². The fourth-order valence-electron chi connectivity index (χ4n) is 2.26. The molecule has 1 heterocycles. The molecule has 6 heteroatoms. The highest BCUT2D eigenvalue weighted by Gasteiger charge is 2.17. The van der Waals surface area contributed by atoms with Crippen LogP contribution in [-0.4, -0.2) is 31.3 Å². The number of nitrogens with two attached hydrogens (primary N) is 1. The fraction of sp³-hybridized carbons (Fsp3) is 0.562. The second-order valence-electron chi connectivity index (χ2n) is 5.65. The van der Waals surface area contributed by atoms with Gasteiger partial charge in [0.2, 0.25) is 5.91 Å². The molecular weight excluding hydrogens is 304 g/mol. The number of ether oxygens (including phenoxy) is 2. The molecule has 1 aromatic rings. The Balaban J connectivity index is 1.95. The zero-order valence-electron chi connectivity index (χ0n) is 12.8. The van der Waals surface area contributed by atoms with E-state index in [-0.39, 0.29) is 18.1 Å². The van der Waals surface area contributed by atoms with Crippen LogP contribution in [0.25, 0.3) is 0 Å². The van der Waals surface area contributed by atoms with Crippen LogP contribution in [-0.2, 0) is 9.53 Å². The largest absolute Gasteiger partial charge is 0.489 e. The standard InChI is InChI=1S/C16H23ClN2O3/c1-11(18)4-7-16(20)19-14-9-12(17)5-6-15(14)22-10-13-3-2-8-21-13/h5-6,9,11,13H,2-4,7-8,10,18H2,1H3,(H,19,20). The van der Waals surface area contributed by atoms with Crippen molar-refractivity contribution in [2.75, 3.05) is 18.5 Å². The lowest BCUT2D eigenvalue weighted by atomic mass is 10.2. The minimum absolute atomic E-state index is 0.000321. The van der Waals surface area contributed by atoms with E-state index in [0.717, 1.165) is 19.4 Å². The van der Waals surface area contributed by atoms with E-state index in [9.17, 15) is 4.79 Å². The normalized spacial score (nSPS) is 19.0. The SMILES string of the molecule is CC(N)CCC(=O)Nc1cc(Cl)ccc1OCC1CCCO1. The molecule has 2 atom stereocenters. The summed E-state index contributed by atoms with van der Waals surface area (Å²) in [6.07, 6.45) is 3.20. The van der Waals surface area contributed by atoms with Crippen LogP contribution in [0, 0.1) is 0 Å². The van der Waals surface area contributed by atoms with Gasteiger partial charge in [0.15, 0.2) is 0 Å². The molecule has 1 amide bonds. The number of hydrogen-bond donors (Lipinski definition) is 2. The summed E-state index contributed by atoms with van der Waals surface area (Å²) in [6.45, 7) is 3.14. The summed E-state index contributed by atoms with van der Waals surface area (Å²) in [5.74, 6) is 0.510. The first kappa shape index (κ1) is 17.1. The smallest absolute Gasteiger partial charge is 0.224 e. The lowest BCUT2D eigenvalue weighted by molar-refractivity contribution is -0.116. The molecule has 0 aliphatic carbocycles. The molecule has 2 rings (SSSR count). The highest BCUT2D eigenvalue weighted by Crippen LogP contribution is 2.29. The molecule has 0 aromatic heterocycles. The second kappa shape index (κ2) is 8.36. The predicted octanol–water partition coefficient (Wildman–Crippen LogP) is 2.96. The van der Waals surface area contributed by atoms with Crippen molar-refractivity contribution in [2.45, 2.75) is 44.8 Å². The molecule has 22 heavy (non-hydrogen) atoms. The monoisotopic (exact) mass is 326 g/mol. The number of hydrogen-bond acceptors (Lipinski definition) is 4. The average molecular weight is 327 g/mol. The average Bonchev–Trinajstić information content (AvgIpc) is 2.97. The van der Waals surface area contributed by atoms with Gasteiger partial charge in [0.1, 0.15) is 12.4 Å². The van der Waals surface area contributed by atoms with Crippen molar-refractivity contribution in [3.8, 4) is 5.75 Å². The molecule has 0 saturated carbocycles. The van der Waals surface area contributed by atoms with Crippen LogP contribution in [0.3, 0.4) is 0 Å². The van der Waals surface area contributed by atoms with E-state index < -0.39 is 0 Å². The van der Waals surface area contributed by atoms with Crippen LogP contribution in [0.2, 0.25) is 5.02 Å². The number of amides is 1. The summed E-state index contributed by atoms with van der Waals surface area (Å²) in [5.41, 5.74) is 6.25. The molecule has 5 nitrogen and oxygen atoms in total. The number of carbonyl (C=O) groups is 1. The minimum atomic E-state index is -0.0958. The number of nitrogens with one attached hydrogen (secondary N) is 1. The summed E-state index contributed by atoms with van der Waals surface area (Å²) < 4.78 is 11.3. The first-order valence-corrected chi connectivity index (χ1v) is 8.02. The lowest BCUT2D eigenvalue weighted by Gasteiger charge is -2.15. The summed E-state index contributed by atoms with van der Waals surface area (Å²) in [6, 6.07) is 5.19. The predicted molar refractivity (Wildman–Crippen MR) is 87.4 cm³/mol. The fourth-order valence-corrected chi connectivity index (χ4v) is 2.43. The van der Waals surface area contributed by atoms with E-state index >= 15 is 0 Å². The lowest BCUT2D eigenvalue weighted by Crippen LogP contribution is -2.20. The Kier molecular flexibility index (Phi) is 6.49. The third-order valence-electron chi connectivity index (χ3n) is 3.49. The van der Waals surface area contributed by atoms with Crippen LogP contribution in [0.4, 0.5) is 5.69 Å². The van der Waals surface area contributed by atoms with Crippen molar-refractivity contribution in [1.29, 1.82) is 0 Å². The first-order valence-electron chi connectivity index (χ1n) is 7.64. The van der Waals surface area contributed by atoms with E-state index in [0.29, 0.717) is 35.9 Å². The van der Waals surface area contributed by atoms with Crippen molar-refractivity contribution in [3.05, 3.63) is 23.2 Å². The molecule has 122 valence electrons. The van der Waals surface area contributed by atoms with Crippen LogP contribution in [0.1, 0.15) is 32.6 Å². The maximum absolute atomic E-state index is 12.0. The summed E-state index contributed by atoms with van der Waals surface area (Å²) in [5, 5.41) is 3.39. The van der Waals surface area contributed by atoms with Crippen molar-refractivity contribution >= 4 is 23.2 Å². The molecule has 1 fully saturated rings. The number of rotatable bonds is 7. The van der Waals surface area contributed by atoms with Gasteiger partial charge in [0.25, 0.3) is 0 Å². The Morgan fingerprint density at radius 2 is 2.41 bits per heavy atom. The Hall–Kier alpha value is -1.30. The molecule has 1 aliphatic rings. The summed E-state index contributed by atoms with van der Waals surface area (Å²) >= 11 is 6.00. The van der Waals surface area contributed by atoms with E-state index in [2.05, 4.69) is 5.32 Å². The quantitative estimate of drug-likeness (QED) is 0.808. The minimum Gasteiger partial charge on any atom is -0.489 e. The van der Waals surface area contributed by atoms with Gasteiger partial charge in [-0.3, -0.25) is 4.79 Å². The third-order valence-corrected chi connectivity index (χ3v) is 3.73. The maximum atomic E-state index is 12.0. The van der Waals surface area contributed by atoms with Gasteiger partial charge in [-0.15, -0.1) is 0 Å². The van der Waals surface area contributed by atoms with Crippen molar-refractivity contribution in [2.24, 2.45) is 5.73 Å². The van der Waals surface area contributed by atoms with Gasteiger partial charge in [0.05, 0.1) is 11.8 Å². The number of halogens is 1. The Morgan fingerprint density at radius 1 is 1.59 bits per heavy atom. The van der Waals surface area contributed by atoms with Crippen molar-refractivity contribution in [3.63, 3.8) is 0 Å². The molecule has 1 aromatic carbocycles. The zero-order chi connectivity index (χ0) is 15.9. The highest BCUT2D eigenvalue weighted by atomic mass is 35.5. The van der Waals surface area contributed by atoms with Crippen molar-refractivity contribution < 1.29 is 14.3 Å². The van der Waals surface area contributed by atoms with Gasteiger partial charge in [-0.1, -0.05) is 11.6 Å². The molecule has 1 saturated heterocycles. The Labute approximate surface area is 136 Å². The van der Waals surface area contributed by atoms with Crippen LogP contribution >= 0.6 is 11.6 Å². The molecule has 0 spiro atoms. The second-order valence-corrected chi connectivity index (χ2v) is 6.09. The number of benzene rings is 1. The van der Waals surface area contributed by atoms with Gasteiger partial charge in [-0.05, 0) is 44.4 Å². The van der Waals surface area contributed by atoms with Crippen LogP contribution in [0.5, 0.6) is 5.75 Å². The number of anilines is 1. The van der Waals surface area contributed by atoms with E-state index in [4.69, 9.17) is 26.8 Å². The van der Waals surface area contributed by atoms with E-state index in [1.807, 2.05) is 6.92 Å². The van der Waals surface area contributed by atoms with E-state index in [1.54, 1.807) is 18.2 Å². The van der Waals surface area contributed by atoms with Crippen LogP contribution in [0.15, 0.2) is 18.2 Å². The maximum Gasteiger partial charge on any atom is 0.224 e. The van der Waals surface area contributed by atoms with E-state index in [1.165, 1.54) is 0 Å². The molecule has 1 aliphatic heterocycles. The zero-order valence-corrected chi connectivity index (χ0v) is 13.6. The third kappa shape index (κ3) is 5.48. The molecule has 2 unspecified atom stereocenters. The first-order chi connectivity index (χ1) is 10.5. The van der Waals surface area contributed by atoms with Gasteiger partial charge in [0, 0.05) is 24.1 Å². The molecule has 0 bridgehead atoms. The van der Waals surface area contributed by atoms with Crippen LogP contribution < -0.4 is 15.8 Å². The molecule has 0 radical (unpaired) electrons. The molecular formula is C16H23ClN2O3. The summed E-state index contributed by atoms with van der Waals surface area (Å²) in [7, 11) is 0.